The fourth-order valence-corrected chi connectivity index (χ4v) is 8.92. The first-order valence-corrected chi connectivity index (χ1v) is 23.9. The number of aliphatic hydroxyl groups excluding tert-OH is 2. The van der Waals surface area contributed by atoms with Crippen LogP contribution >= 0.6 is 0 Å². The van der Waals surface area contributed by atoms with E-state index >= 15 is 0 Å². The highest BCUT2D eigenvalue weighted by Gasteiger charge is 2.29. The second-order valence-electron chi connectivity index (χ2n) is 18.1. The highest BCUT2D eigenvalue weighted by molar-refractivity contribution is 5.87. The SMILES string of the molecule is C=C(C)C(=O)OCCCc1cc(-c2ccc(-c3ccc(C4CCC(CCCCCC)CC4)cc3)cc2CC)cc(CCCOC(=O)C(=C)C)c1OCCC(CO)(CO)CCCC. The molecule has 1 aliphatic rings. The van der Waals surface area contributed by atoms with Gasteiger partial charge in [0.15, 0.2) is 0 Å². The summed E-state index contributed by atoms with van der Waals surface area (Å²) in [5.74, 6) is 1.50. The van der Waals surface area contributed by atoms with Gasteiger partial charge in [-0.1, -0.05) is 121 Å². The van der Waals surface area contributed by atoms with E-state index < -0.39 is 17.4 Å². The van der Waals surface area contributed by atoms with Crippen LogP contribution in [0.15, 0.2) is 78.9 Å². The number of benzene rings is 3. The smallest absolute Gasteiger partial charge is 0.333 e. The molecule has 1 saturated carbocycles. The molecule has 4 rings (SSSR count). The summed E-state index contributed by atoms with van der Waals surface area (Å²) in [4.78, 5) is 24.5. The van der Waals surface area contributed by atoms with Crippen molar-refractivity contribution in [3.8, 4) is 28.0 Å². The van der Waals surface area contributed by atoms with Crippen molar-refractivity contribution in [2.45, 2.75) is 156 Å². The Kier molecular flexibility index (Phi) is 21.5. The number of rotatable bonds is 28. The Balaban J connectivity index is 1.63. The molecule has 0 unspecified atom stereocenters. The minimum absolute atomic E-state index is 0.117. The van der Waals surface area contributed by atoms with E-state index in [1.807, 2.05) is 0 Å². The van der Waals surface area contributed by atoms with Gasteiger partial charge in [-0.3, -0.25) is 0 Å². The molecule has 0 aromatic heterocycles. The van der Waals surface area contributed by atoms with E-state index in [2.05, 4.69) is 88.5 Å². The molecule has 0 amide bonds. The second kappa shape index (κ2) is 26.4. The van der Waals surface area contributed by atoms with Crippen molar-refractivity contribution >= 4 is 11.9 Å². The summed E-state index contributed by atoms with van der Waals surface area (Å²) in [5.41, 5.74) is 9.43. The molecular formula is C55H78O7. The number of hydrogen-bond acceptors (Lipinski definition) is 7. The zero-order chi connectivity index (χ0) is 44.9. The number of carbonyl (C=O) groups excluding carboxylic acids is 2. The first-order chi connectivity index (χ1) is 30.0. The van der Waals surface area contributed by atoms with Crippen LogP contribution in [0.5, 0.6) is 5.75 Å². The molecule has 1 aliphatic carbocycles. The second-order valence-corrected chi connectivity index (χ2v) is 18.1. The molecule has 1 fully saturated rings. The minimum Gasteiger partial charge on any atom is -0.493 e. The average Bonchev–Trinajstić information content (AvgIpc) is 3.29. The number of ether oxygens (including phenoxy) is 3. The average molecular weight is 851 g/mol. The van der Waals surface area contributed by atoms with Crippen molar-refractivity contribution in [1.82, 2.24) is 0 Å². The molecule has 62 heavy (non-hydrogen) atoms. The topological polar surface area (TPSA) is 102 Å². The Morgan fingerprint density at radius 2 is 1.21 bits per heavy atom. The third-order valence-electron chi connectivity index (χ3n) is 13.0. The number of esters is 2. The van der Waals surface area contributed by atoms with Gasteiger partial charge in [0, 0.05) is 16.6 Å². The van der Waals surface area contributed by atoms with Crippen LogP contribution in [-0.4, -0.2) is 55.2 Å². The van der Waals surface area contributed by atoms with Crippen LogP contribution < -0.4 is 4.74 Å². The van der Waals surface area contributed by atoms with Gasteiger partial charge in [-0.15, -0.1) is 0 Å². The Labute approximate surface area is 374 Å². The first kappa shape index (κ1) is 50.4. The van der Waals surface area contributed by atoms with Crippen molar-refractivity contribution < 1.29 is 34.0 Å². The fraction of sp³-hybridized carbons (Fsp3) is 0.564. The van der Waals surface area contributed by atoms with Crippen LogP contribution in [0, 0.1) is 11.3 Å². The molecule has 0 aliphatic heterocycles. The van der Waals surface area contributed by atoms with Gasteiger partial charge < -0.3 is 24.4 Å². The van der Waals surface area contributed by atoms with Crippen LogP contribution in [0.25, 0.3) is 22.3 Å². The van der Waals surface area contributed by atoms with E-state index in [0.717, 1.165) is 53.2 Å². The lowest BCUT2D eigenvalue weighted by Crippen LogP contribution is -2.32. The van der Waals surface area contributed by atoms with Crippen molar-refractivity contribution in [3.05, 3.63) is 101 Å². The largest absolute Gasteiger partial charge is 0.493 e. The molecule has 0 radical (unpaired) electrons. The molecular weight excluding hydrogens is 773 g/mol. The lowest BCUT2D eigenvalue weighted by atomic mass is 9.77. The number of carbonyl (C=O) groups is 2. The number of aryl methyl sites for hydroxylation is 3. The molecule has 2 N–H and O–H groups in total. The van der Waals surface area contributed by atoms with Gasteiger partial charge >= 0.3 is 11.9 Å². The Morgan fingerprint density at radius 3 is 1.74 bits per heavy atom. The van der Waals surface area contributed by atoms with E-state index in [1.54, 1.807) is 13.8 Å². The summed E-state index contributed by atoms with van der Waals surface area (Å²) < 4.78 is 17.7. The predicted octanol–water partition coefficient (Wildman–Crippen LogP) is 12.9. The molecule has 7 heteroatoms. The van der Waals surface area contributed by atoms with E-state index in [9.17, 15) is 19.8 Å². The standard InChI is InChI=1S/C55H78O7/c1-8-11-13-14-17-42-20-22-44(23-21-42)45-24-26-46(27-25-45)47-28-29-51(43(10-3)35-47)50-36-48(18-15-32-61-53(58)40(4)5)52(49(37-50)19-16-33-62-54(59)41(6)7)60-34-31-55(38-56,39-57)30-12-9-2/h24-29,35-37,42,44,56-57H,4,6,8-23,30-34,38-39H2,1-3,5,7H3. The summed E-state index contributed by atoms with van der Waals surface area (Å²) in [6, 6.07) is 20.5. The number of hydrogen-bond donors (Lipinski definition) is 2. The van der Waals surface area contributed by atoms with Crippen molar-refractivity contribution in [2.24, 2.45) is 11.3 Å². The first-order valence-electron chi connectivity index (χ1n) is 23.9. The molecule has 0 saturated heterocycles. The van der Waals surface area contributed by atoms with Gasteiger partial charge in [0.05, 0.1) is 33.0 Å². The van der Waals surface area contributed by atoms with Crippen molar-refractivity contribution in [3.63, 3.8) is 0 Å². The monoisotopic (exact) mass is 851 g/mol. The van der Waals surface area contributed by atoms with Crippen LogP contribution in [0.3, 0.4) is 0 Å². The van der Waals surface area contributed by atoms with Gasteiger partial charge in [0.2, 0.25) is 0 Å². The highest BCUT2D eigenvalue weighted by atomic mass is 16.5. The third kappa shape index (κ3) is 15.3. The third-order valence-corrected chi connectivity index (χ3v) is 13.0. The maximum atomic E-state index is 12.2. The summed E-state index contributed by atoms with van der Waals surface area (Å²) in [6.07, 6.45) is 18.4. The van der Waals surface area contributed by atoms with Crippen molar-refractivity contribution in [1.29, 1.82) is 0 Å². The maximum absolute atomic E-state index is 12.2. The fourth-order valence-electron chi connectivity index (χ4n) is 8.92. The zero-order valence-corrected chi connectivity index (χ0v) is 39.0. The van der Waals surface area contributed by atoms with Gasteiger partial charge in [-0.2, -0.15) is 0 Å². The quantitative estimate of drug-likeness (QED) is 0.0426. The van der Waals surface area contributed by atoms with Crippen LogP contribution in [0.1, 0.15) is 159 Å². The van der Waals surface area contributed by atoms with E-state index in [4.69, 9.17) is 14.2 Å². The van der Waals surface area contributed by atoms with E-state index in [0.29, 0.717) is 62.2 Å². The van der Waals surface area contributed by atoms with Crippen LogP contribution in [0.4, 0.5) is 0 Å². The molecule has 7 nitrogen and oxygen atoms in total. The van der Waals surface area contributed by atoms with Crippen molar-refractivity contribution in [2.75, 3.05) is 33.0 Å². The summed E-state index contributed by atoms with van der Waals surface area (Å²) in [5, 5.41) is 20.7. The van der Waals surface area contributed by atoms with Gasteiger partial charge in [-0.25, -0.2) is 9.59 Å². The molecule has 0 atom stereocenters. The van der Waals surface area contributed by atoms with Gasteiger partial charge in [-0.05, 0) is 153 Å². The normalized spacial score (nSPS) is 15.3. The molecule has 0 bridgehead atoms. The summed E-state index contributed by atoms with van der Waals surface area (Å²) in [7, 11) is 0. The molecule has 0 spiro atoms. The molecule has 0 heterocycles. The predicted molar refractivity (Wildman–Crippen MR) is 255 cm³/mol. The van der Waals surface area contributed by atoms with E-state index in [1.165, 1.54) is 80.0 Å². The Morgan fingerprint density at radius 1 is 0.645 bits per heavy atom. The summed E-state index contributed by atoms with van der Waals surface area (Å²) in [6.45, 7) is 17.9. The molecule has 3 aromatic carbocycles. The van der Waals surface area contributed by atoms with Crippen LogP contribution in [-0.2, 0) is 38.3 Å². The van der Waals surface area contributed by atoms with Gasteiger partial charge in [0.1, 0.15) is 5.75 Å². The lowest BCUT2D eigenvalue weighted by molar-refractivity contribution is -0.139. The summed E-state index contributed by atoms with van der Waals surface area (Å²) >= 11 is 0. The maximum Gasteiger partial charge on any atom is 0.333 e. The Bertz CT molecular complexity index is 1810. The lowest BCUT2D eigenvalue weighted by Gasteiger charge is -2.30. The number of aliphatic hydroxyl groups is 2. The molecule has 340 valence electrons. The zero-order valence-electron chi connectivity index (χ0n) is 39.0. The van der Waals surface area contributed by atoms with Gasteiger partial charge in [0.25, 0.3) is 0 Å². The molecule has 3 aromatic rings. The van der Waals surface area contributed by atoms with Crippen LogP contribution in [0.2, 0.25) is 0 Å². The highest BCUT2D eigenvalue weighted by Crippen LogP contribution is 2.40. The Hall–Kier alpha value is -4.20. The van der Waals surface area contributed by atoms with E-state index in [-0.39, 0.29) is 26.4 Å². The number of unbranched alkanes of at least 4 members (excludes halogenated alkanes) is 4. The minimum atomic E-state index is -0.630.